The van der Waals surface area contributed by atoms with Crippen LogP contribution in [0.5, 0.6) is 0 Å². The maximum atomic E-state index is 12.2. The van der Waals surface area contributed by atoms with Crippen molar-refractivity contribution in [2.45, 2.75) is 18.7 Å². The zero-order chi connectivity index (χ0) is 14.0. The van der Waals surface area contributed by atoms with Crippen molar-refractivity contribution in [3.8, 4) is 0 Å². The molecular weight excluding hydrogens is 328 g/mol. The first-order chi connectivity index (χ1) is 8.88. The molecule has 0 aliphatic rings. The molecule has 0 radical (unpaired) electrons. The zero-order valence-corrected chi connectivity index (χ0v) is 12.9. The van der Waals surface area contributed by atoms with E-state index in [2.05, 4.69) is 25.6 Å². The SMILES string of the molecule is Cc1cccc(S(=O)(=O)Nc2ccc(Br)c(C)n2)c1. The van der Waals surface area contributed by atoms with Crippen LogP contribution in [0.15, 0.2) is 45.8 Å². The smallest absolute Gasteiger partial charge is 0.263 e. The maximum absolute atomic E-state index is 12.2. The van der Waals surface area contributed by atoms with Gasteiger partial charge in [-0.3, -0.25) is 4.72 Å². The molecule has 2 rings (SSSR count). The molecule has 0 fully saturated rings. The van der Waals surface area contributed by atoms with Crippen molar-refractivity contribution >= 4 is 31.8 Å². The van der Waals surface area contributed by atoms with Gasteiger partial charge in [-0.25, -0.2) is 13.4 Å². The Morgan fingerprint density at radius 1 is 1.16 bits per heavy atom. The second-order valence-corrected chi connectivity index (χ2v) is 6.72. The minimum Gasteiger partial charge on any atom is -0.263 e. The molecular formula is C13H13BrN2O2S. The van der Waals surface area contributed by atoms with Crippen molar-refractivity contribution < 1.29 is 8.42 Å². The van der Waals surface area contributed by atoms with Crippen LogP contribution in [0, 0.1) is 13.8 Å². The van der Waals surface area contributed by atoms with Crippen LogP contribution < -0.4 is 4.72 Å². The van der Waals surface area contributed by atoms with Crippen LogP contribution in [-0.2, 0) is 10.0 Å². The summed E-state index contributed by atoms with van der Waals surface area (Å²) in [5, 5.41) is 0. The van der Waals surface area contributed by atoms with Gasteiger partial charge in [0, 0.05) is 4.47 Å². The minimum atomic E-state index is -3.59. The van der Waals surface area contributed by atoms with E-state index in [1.807, 2.05) is 13.0 Å². The van der Waals surface area contributed by atoms with Crippen molar-refractivity contribution in [1.82, 2.24) is 4.98 Å². The Morgan fingerprint density at radius 2 is 1.89 bits per heavy atom. The summed E-state index contributed by atoms with van der Waals surface area (Å²) >= 11 is 3.32. The van der Waals surface area contributed by atoms with Gasteiger partial charge in [0.25, 0.3) is 10.0 Å². The van der Waals surface area contributed by atoms with Crippen LogP contribution >= 0.6 is 15.9 Å². The number of anilines is 1. The Morgan fingerprint density at radius 3 is 2.53 bits per heavy atom. The van der Waals surface area contributed by atoms with E-state index in [1.54, 1.807) is 37.3 Å². The molecule has 19 heavy (non-hydrogen) atoms. The fourth-order valence-electron chi connectivity index (χ4n) is 1.58. The molecule has 0 saturated heterocycles. The molecule has 1 aromatic carbocycles. The molecule has 1 N–H and O–H groups in total. The minimum absolute atomic E-state index is 0.231. The van der Waals surface area contributed by atoms with E-state index in [4.69, 9.17) is 0 Å². The number of nitrogens with zero attached hydrogens (tertiary/aromatic N) is 1. The first-order valence-corrected chi connectivity index (χ1v) is 7.89. The lowest BCUT2D eigenvalue weighted by Crippen LogP contribution is -2.14. The molecule has 2 aromatic rings. The first kappa shape index (κ1) is 14.0. The van der Waals surface area contributed by atoms with Gasteiger partial charge < -0.3 is 0 Å². The molecule has 0 unspecified atom stereocenters. The Bertz CT molecular complexity index is 714. The topological polar surface area (TPSA) is 59.1 Å². The fraction of sp³-hybridized carbons (Fsp3) is 0.154. The molecule has 0 saturated carbocycles. The number of hydrogen-bond acceptors (Lipinski definition) is 3. The third-order valence-electron chi connectivity index (χ3n) is 2.56. The molecule has 4 nitrogen and oxygen atoms in total. The van der Waals surface area contributed by atoms with E-state index in [0.717, 1.165) is 15.7 Å². The summed E-state index contributed by atoms with van der Waals surface area (Å²) in [4.78, 5) is 4.40. The van der Waals surface area contributed by atoms with E-state index in [0.29, 0.717) is 5.82 Å². The van der Waals surface area contributed by atoms with Crippen LogP contribution in [0.4, 0.5) is 5.82 Å². The Balaban J connectivity index is 2.33. The van der Waals surface area contributed by atoms with Gasteiger partial charge in [0.05, 0.1) is 10.6 Å². The quantitative estimate of drug-likeness (QED) is 0.932. The van der Waals surface area contributed by atoms with Crippen LogP contribution in [0.3, 0.4) is 0 Å². The summed E-state index contributed by atoms with van der Waals surface area (Å²) in [7, 11) is -3.59. The molecule has 6 heteroatoms. The lowest BCUT2D eigenvalue weighted by atomic mass is 10.2. The predicted molar refractivity (Wildman–Crippen MR) is 78.7 cm³/mol. The van der Waals surface area contributed by atoms with Crippen molar-refractivity contribution in [2.24, 2.45) is 0 Å². The van der Waals surface area contributed by atoms with Gasteiger partial charge in [-0.05, 0) is 59.6 Å². The molecule has 100 valence electrons. The van der Waals surface area contributed by atoms with Crippen molar-refractivity contribution in [3.05, 3.63) is 52.1 Å². The summed E-state index contributed by atoms with van der Waals surface area (Å²) in [6, 6.07) is 10.1. The normalized spacial score (nSPS) is 11.3. The van der Waals surface area contributed by atoms with Crippen LogP contribution in [0.2, 0.25) is 0 Å². The number of aromatic nitrogens is 1. The summed E-state index contributed by atoms with van der Waals surface area (Å²) in [6.07, 6.45) is 0. The maximum Gasteiger partial charge on any atom is 0.263 e. The second kappa shape index (κ2) is 5.30. The predicted octanol–water partition coefficient (Wildman–Crippen LogP) is 3.26. The summed E-state index contributed by atoms with van der Waals surface area (Å²) in [6.45, 7) is 3.65. The second-order valence-electron chi connectivity index (χ2n) is 4.19. The van der Waals surface area contributed by atoms with Gasteiger partial charge in [0.15, 0.2) is 0 Å². The van der Waals surface area contributed by atoms with Gasteiger partial charge in [0.2, 0.25) is 0 Å². The lowest BCUT2D eigenvalue weighted by molar-refractivity contribution is 0.601. The number of pyridine rings is 1. The van der Waals surface area contributed by atoms with Gasteiger partial charge in [0.1, 0.15) is 5.82 Å². The number of sulfonamides is 1. The molecule has 1 aromatic heterocycles. The van der Waals surface area contributed by atoms with E-state index in [-0.39, 0.29) is 4.90 Å². The molecule has 0 aliphatic heterocycles. The van der Waals surface area contributed by atoms with Gasteiger partial charge in [-0.2, -0.15) is 0 Å². The standard InChI is InChI=1S/C13H13BrN2O2S/c1-9-4-3-5-11(8-9)19(17,18)16-13-7-6-12(14)10(2)15-13/h3-8H,1-2H3,(H,15,16). The van der Waals surface area contributed by atoms with Crippen molar-refractivity contribution in [3.63, 3.8) is 0 Å². The van der Waals surface area contributed by atoms with E-state index < -0.39 is 10.0 Å². The van der Waals surface area contributed by atoms with E-state index in [9.17, 15) is 8.42 Å². The highest BCUT2D eigenvalue weighted by molar-refractivity contribution is 9.10. The number of aryl methyl sites for hydroxylation is 2. The Hall–Kier alpha value is -1.40. The van der Waals surface area contributed by atoms with Crippen molar-refractivity contribution in [1.29, 1.82) is 0 Å². The average Bonchev–Trinajstić information content (AvgIpc) is 2.33. The number of benzene rings is 1. The van der Waals surface area contributed by atoms with Crippen molar-refractivity contribution in [2.75, 3.05) is 4.72 Å². The summed E-state index contributed by atoms with van der Waals surface area (Å²) < 4.78 is 27.7. The van der Waals surface area contributed by atoms with Gasteiger partial charge >= 0.3 is 0 Å². The third-order valence-corrected chi connectivity index (χ3v) is 4.75. The van der Waals surface area contributed by atoms with Crippen LogP contribution in [0.25, 0.3) is 0 Å². The Kier molecular flexibility index (Phi) is 3.91. The summed E-state index contributed by atoms with van der Waals surface area (Å²) in [5.74, 6) is 0.308. The van der Waals surface area contributed by atoms with E-state index in [1.165, 1.54) is 0 Å². The summed E-state index contributed by atoms with van der Waals surface area (Å²) in [5.41, 5.74) is 1.62. The Labute approximate surface area is 121 Å². The monoisotopic (exact) mass is 340 g/mol. The average molecular weight is 341 g/mol. The lowest BCUT2D eigenvalue weighted by Gasteiger charge is -2.09. The highest BCUT2D eigenvalue weighted by Crippen LogP contribution is 2.19. The fourth-order valence-corrected chi connectivity index (χ4v) is 2.91. The third kappa shape index (κ3) is 3.33. The molecule has 0 atom stereocenters. The highest BCUT2D eigenvalue weighted by atomic mass is 79.9. The highest BCUT2D eigenvalue weighted by Gasteiger charge is 2.15. The number of hydrogen-bond donors (Lipinski definition) is 1. The molecule has 1 heterocycles. The first-order valence-electron chi connectivity index (χ1n) is 5.61. The van der Waals surface area contributed by atoms with E-state index >= 15 is 0 Å². The van der Waals surface area contributed by atoms with Gasteiger partial charge in [-0.1, -0.05) is 12.1 Å². The van der Waals surface area contributed by atoms with Crippen LogP contribution in [-0.4, -0.2) is 13.4 Å². The van der Waals surface area contributed by atoms with Crippen LogP contribution in [0.1, 0.15) is 11.3 Å². The largest absolute Gasteiger partial charge is 0.263 e. The molecule has 0 aliphatic carbocycles. The number of halogens is 1. The molecule has 0 amide bonds. The zero-order valence-electron chi connectivity index (χ0n) is 10.5. The van der Waals surface area contributed by atoms with Gasteiger partial charge in [-0.15, -0.1) is 0 Å². The molecule has 0 spiro atoms. The molecule has 0 bridgehead atoms. The number of rotatable bonds is 3. The number of nitrogens with one attached hydrogen (secondary N) is 1.